The third-order valence-electron chi connectivity index (χ3n) is 5.08. The molecular formula is C22H38FIN4O2. The summed E-state index contributed by atoms with van der Waals surface area (Å²) in [5.74, 6) is 0.784. The number of aliphatic imine (C=N–C) groups is 1. The average Bonchev–Trinajstić information content (AvgIpc) is 2.74. The topological polar surface area (TPSA) is 49.3 Å². The second-order valence-electron chi connectivity index (χ2n) is 7.39. The fraction of sp³-hybridized carbons (Fsp3) is 0.682. The van der Waals surface area contributed by atoms with Crippen molar-refractivity contribution in [2.75, 3.05) is 65.0 Å². The molecule has 1 fully saturated rings. The lowest BCUT2D eigenvalue weighted by molar-refractivity contribution is 0.00990. The van der Waals surface area contributed by atoms with Crippen molar-refractivity contribution in [2.24, 2.45) is 4.99 Å². The molecule has 6 nitrogen and oxygen atoms in total. The van der Waals surface area contributed by atoms with E-state index in [0.29, 0.717) is 6.10 Å². The molecule has 0 aliphatic carbocycles. The highest BCUT2D eigenvalue weighted by Crippen LogP contribution is 2.15. The van der Waals surface area contributed by atoms with Gasteiger partial charge >= 0.3 is 0 Å². The number of hydrogen-bond acceptors (Lipinski definition) is 4. The molecule has 0 aromatic heterocycles. The van der Waals surface area contributed by atoms with Gasteiger partial charge in [-0.2, -0.15) is 0 Å². The van der Waals surface area contributed by atoms with E-state index < -0.39 is 0 Å². The lowest BCUT2D eigenvalue weighted by Gasteiger charge is -2.34. The van der Waals surface area contributed by atoms with Gasteiger partial charge in [-0.05, 0) is 50.8 Å². The van der Waals surface area contributed by atoms with Gasteiger partial charge in [0.2, 0.25) is 0 Å². The quantitative estimate of drug-likeness (QED) is 0.202. The molecular weight excluding hydrogens is 498 g/mol. The lowest BCUT2D eigenvalue weighted by atomic mass is 10.1. The Labute approximate surface area is 198 Å². The van der Waals surface area contributed by atoms with Crippen LogP contribution in [0.1, 0.15) is 32.6 Å². The van der Waals surface area contributed by atoms with Gasteiger partial charge in [0.1, 0.15) is 5.82 Å². The maximum atomic E-state index is 13.4. The first kappa shape index (κ1) is 26.9. The fourth-order valence-corrected chi connectivity index (χ4v) is 3.45. The molecule has 1 aliphatic heterocycles. The number of likely N-dealkylation sites (tertiary alicyclic amines) is 1. The van der Waals surface area contributed by atoms with Crippen molar-refractivity contribution in [1.29, 1.82) is 0 Å². The second-order valence-corrected chi connectivity index (χ2v) is 7.39. The number of guanidine groups is 1. The number of benzene rings is 1. The first-order valence-electron chi connectivity index (χ1n) is 10.7. The Balaban J connectivity index is 0.00000450. The summed E-state index contributed by atoms with van der Waals surface area (Å²) in [5, 5.41) is 3.41. The zero-order valence-corrected chi connectivity index (χ0v) is 20.9. The van der Waals surface area contributed by atoms with Crippen LogP contribution in [0.15, 0.2) is 29.3 Å². The van der Waals surface area contributed by atoms with Gasteiger partial charge in [-0.1, -0.05) is 6.07 Å². The summed E-state index contributed by atoms with van der Waals surface area (Å²) in [6.45, 7) is 7.98. The number of hydrogen-bond donors (Lipinski definition) is 1. The molecule has 0 unspecified atom stereocenters. The largest absolute Gasteiger partial charge is 0.385 e. The Kier molecular flexibility index (Phi) is 14.0. The molecule has 0 atom stereocenters. The van der Waals surface area contributed by atoms with E-state index >= 15 is 0 Å². The third kappa shape index (κ3) is 9.78. The van der Waals surface area contributed by atoms with Crippen molar-refractivity contribution in [1.82, 2.24) is 10.2 Å². The van der Waals surface area contributed by atoms with Gasteiger partial charge in [-0.3, -0.25) is 4.99 Å². The highest BCUT2D eigenvalue weighted by Gasteiger charge is 2.21. The van der Waals surface area contributed by atoms with Crippen molar-refractivity contribution in [3.05, 3.63) is 30.1 Å². The number of anilines is 1. The van der Waals surface area contributed by atoms with E-state index in [1.54, 1.807) is 19.2 Å². The van der Waals surface area contributed by atoms with E-state index in [9.17, 15) is 4.39 Å². The van der Waals surface area contributed by atoms with Crippen LogP contribution in [0.5, 0.6) is 0 Å². The number of methoxy groups -OCH3 is 1. The van der Waals surface area contributed by atoms with Gasteiger partial charge in [0.05, 0.1) is 6.10 Å². The Morgan fingerprint density at radius 2 is 2.03 bits per heavy atom. The van der Waals surface area contributed by atoms with E-state index in [4.69, 9.17) is 14.5 Å². The number of nitrogens with zero attached hydrogens (tertiary/aromatic N) is 3. The van der Waals surface area contributed by atoms with Crippen molar-refractivity contribution in [3.8, 4) is 0 Å². The molecule has 2 rings (SSSR count). The summed E-state index contributed by atoms with van der Waals surface area (Å²) >= 11 is 0. The van der Waals surface area contributed by atoms with Crippen LogP contribution in [0.2, 0.25) is 0 Å². The number of rotatable bonds is 11. The fourth-order valence-electron chi connectivity index (χ4n) is 3.45. The zero-order chi connectivity index (χ0) is 20.9. The maximum Gasteiger partial charge on any atom is 0.193 e. The number of nitrogens with one attached hydrogen (secondary N) is 1. The molecule has 1 aromatic carbocycles. The van der Waals surface area contributed by atoms with E-state index in [0.717, 1.165) is 83.3 Å². The molecule has 172 valence electrons. The third-order valence-corrected chi connectivity index (χ3v) is 5.08. The van der Waals surface area contributed by atoms with Crippen LogP contribution < -0.4 is 10.2 Å². The van der Waals surface area contributed by atoms with Crippen LogP contribution in [0, 0.1) is 5.82 Å². The molecule has 8 heteroatoms. The average molecular weight is 536 g/mol. The summed E-state index contributed by atoms with van der Waals surface area (Å²) in [4.78, 5) is 9.20. The lowest BCUT2D eigenvalue weighted by Crippen LogP contribution is -2.47. The number of halogens is 2. The van der Waals surface area contributed by atoms with E-state index in [2.05, 4.69) is 22.0 Å². The molecule has 1 aliphatic rings. The van der Waals surface area contributed by atoms with Gasteiger partial charge in [0.25, 0.3) is 0 Å². The van der Waals surface area contributed by atoms with E-state index in [-0.39, 0.29) is 29.8 Å². The van der Waals surface area contributed by atoms with Crippen LogP contribution in [-0.4, -0.2) is 77.1 Å². The Morgan fingerprint density at radius 1 is 1.27 bits per heavy atom. The molecule has 1 heterocycles. The molecule has 0 saturated carbocycles. The van der Waals surface area contributed by atoms with E-state index in [1.807, 2.05) is 13.1 Å². The monoisotopic (exact) mass is 536 g/mol. The summed E-state index contributed by atoms with van der Waals surface area (Å²) in [6.07, 6.45) is 4.26. The molecule has 0 bridgehead atoms. The van der Waals surface area contributed by atoms with Gasteiger partial charge < -0.3 is 24.6 Å². The van der Waals surface area contributed by atoms with Crippen LogP contribution in [0.3, 0.4) is 0 Å². The van der Waals surface area contributed by atoms with Gasteiger partial charge in [-0.15, -0.1) is 24.0 Å². The predicted molar refractivity (Wildman–Crippen MR) is 133 cm³/mol. The van der Waals surface area contributed by atoms with Crippen LogP contribution in [0.4, 0.5) is 10.1 Å². The van der Waals surface area contributed by atoms with Crippen LogP contribution >= 0.6 is 24.0 Å². The molecule has 0 radical (unpaired) electrons. The minimum absolute atomic E-state index is 0. The van der Waals surface area contributed by atoms with Crippen molar-refractivity contribution < 1.29 is 13.9 Å². The zero-order valence-electron chi connectivity index (χ0n) is 18.6. The molecule has 0 amide bonds. The summed E-state index contributed by atoms with van der Waals surface area (Å²) < 4.78 is 24.4. The molecule has 1 N–H and O–H groups in total. The number of ether oxygens (including phenoxy) is 2. The van der Waals surface area contributed by atoms with Gasteiger partial charge in [0.15, 0.2) is 5.96 Å². The minimum Gasteiger partial charge on any atom is -0.385 e. The van der Waals surface area contributed by atoms with Gasteiger partial charge in [-0.25, -0.2) is 4.39 Å². The molecule has 1 aromatic rings. The van der Waals surface area contributed by atoms with Crippen molar-refractivity contribution >= 4 is 35.6 Å². The normalized spacial score (nSPS) is 15.1. The Hall–Kier alpha value is -1.13. The van der Waals surface area contributed by atoms with Crippen LogP contribution in [0.25, 0.3) is 0 Å². The standard InChI is InChI=1S/C22H37FN4O2.HI/c1-4-24-22(27-14-10-21(11-15-27)29-17-7-16-28-3)25-12-6-13-26(2)20-9-5-8-19(23)18-20;/h5,8-9,18,21H,4,6-7,10-17H2,1-3H3,(H,24,25);1H. The molecule has 1 saturated heterocycles. The van der Waals surface area contributed by atoms with Crippen molar-refractivity contribution in [3.63, 3.8) is 0 Å². The van der Waals surface area contributed by atoms with E-state index in [1.165, 1.54) is 6.07 Å². The number of piperidine rings is 1. The summed E-state index contributed by atoms with van der Waals surface area (Å²) in [5.41, 5.74) is 0.897. The highest BCUT2D eigenvalue weighted by atomic mass is 127. The maximum absolute atomic E-state index is 13.4. The van der Waals surface area contributed by atoms with Crippen molar-refractivity contribution in [2.45, 2.75) is 38.7 Å². The minimum atomic E-state index is -0.201. The molecule has 0 spiro atoms. The SMILES string of the molecule is CCNC(=NCCCN(C)c1cccc(F)c1)N1CCC(OCCCOC)CC1.I. The Bertz CT molecular complexity index is 613. The smallest absolute Gasteiger partial charge is 0.193 e. The van der Waals surface area contributed by atoms with Crippen LogP contribution in [-0.2, 0) is 9.47 Å². The first-order chi connectivity index (χ1) is 14.1. The highest BCUT2D eigenvalue weighted by molar-refractivity contribution is 14.0. The van der Waals surface area contributed by atoms with Gasteiger partial charge in [0, 0.05) is 65.8 Å². The summed E-state index contributed by atoms with van der Waals surface area (Å²) in [6, 6.07) is 6.71. The summed E-state index contributed by atoms with van der Waals surface area (Å²) in [7, 11) is 3.71. The Morgan fingerprint density at radius 3 is 2.70 bits per heavy atom. The second kappa shape index (κ2) is 15.6. The first-order valence-corrected chi connectivity index (χ1v) is 10.7. The predicted octanol–water partition coefficient (Wildman–Crippen LogP) is 3.75. The molecule has 30 heavy (non-hydrogen) atoms.